The third-order valence-electron chi connectivity index (χ3n) is 2.82. The number of benzene rings is 1. The van der Waals surface area contributed by atoms with E-state index in [2.05, 4.69) is 0 Å². The van der Waals surface area contributed by atoms with Gasteiger partial charge in [0.1, 0.15) is 6.61 Å². The van der Waals surface area contributed by atoms with Gasteiger partial charge in [-0.2, -0.15) is 0 Å². The van der Waals surface area contributed by atoms with E-state index in [1.54, 1.807) is 18.4 Å². The molecule has 1 rings (SSSR count). The molecule has 6 heteroatoms. The van der Waals surface area contributed by atoms with Crippen molar-refractivity contribution in [2.75, 3.05) is 13.2 Å². The molecule has 0 fully saturated rings. The highest BCUT2D eigenvalue weighted by atomic mass is 16.5. The molecule has 0 saturated heterocycles. The predicted molar refractivity (Wildman–Crippen MR) is 79.7 cm³/mol. The largest absolute Gasteiger partial charge is 0.502 e. The second-order valence-electron chi connectivity index (χ2n) is 4.59. The van der Waals surface area contributed by atoms with Crippen LogP contribution in [0.3, 0.4) is 0 Å². The van der Waals surface area contributed by atoms with Gasteiger partial charge in [0, 0.05) is 0 Å². The molecule has 0 aliphatic rings. The number of carboxylic acids is 1. The van der Waals surface area contributed by atoms with Crippen LogP contribution in [0, 0.1) is 0 Å². The fourth-order valence-corrected chi connectivity index (χ4v) is 1.75. The zero-order valence-electron chi connectivity index (χ0n) is 12.4. The molecule has 120 valence electrons. The second-order valence-corrected chi connectivity index (χ2v) is 4.59. The predicted octanol–water partition coefficient (Wildman–Crippen LogP) is 2.23. The van der Waals surface area contributed by atoms with E-state index in [0.29, 0.717) is 19.4 Å². The van der Waals surface area contributed by atoms with Crippen molar-refractivity contribution >= 4 is 11.9 Å². The lowest BCUT2D eigenvalue weighted by Crippen LogP contribution is -2.20. The Morgan fingerprint density at radius 2 is 1.95 bits per heavy atom. The first kappa shape index (κ1) is 17.7. The third-order valence-corrected chi connectivity index (χ3v) is 2.82. The number of aliphatic hydroxyl groups excluding tert-OH is 1. The lowest BCUT2D eigenvalue weighted by Gasteiger charge is -2.12. The number of hydrogen-bond donors (Lipinski definition) is 2. The summed E-state index contributed by atoms with van der Waals surface area (Å²) in [7, 11) is 0. The van der Waals surface area contributed by atoms with Crippen molar-refractivity contribution in [2.45, 2.75) is 25.9 Å². The molecule has 0 aliphatic heterocycles. The summed E-state index contributed by atoms with van der Waals surface area (Å²) in [5.74, 6) is -1.96. The molecule has 0 aromatic heterocycles. The van der Waals surface area contributed by atoms with E-state index in [9.17, 15) is 14.7 Å². The molecule has 6 nitrogen and oxygen atoms in total. The Kier molecular flexibility index (Phi) is 7.70. The number of aromatic carboxylic acids is 1. The molecule has 1 atom stereocenters. The molecule has 0 bridgehead atoms. The first-order valence-electron chi connectivity index (χ1n) is 6.96. The van der Waals surface area contributed by atoms with Gasteiger partial charge in [-0.15, -0.1) is 0 Å². The van der Waals surface area contributed by atoms with Crippen LogP contribution in [-0.4, -0.2) is 41.5 Å². The van der Waals surface area contributed by atoms with Crippen LogP contribution >= 0.6 is 0 Å². The maximum atomic E-state index is 11.9. The highest BCUT2D eigenvalue weighted by Gasteiger charge is 2.18. The Morgan fingerprint density at radius 1 is 1.27 bits per heavy atom. The zero-order chi connectivity index (χ0) is 16.4. The van der Waals surface area contributed by atoms with Crippen molar-refractivity contribution < 1.29 is 29.3 Å². The Bertz CT molecular complexity index is 523. The number of ether oxygens (including phenoxy) is 2. The molecular formula is C16H20O6. The van der Waals surface area contributed by atoms with Crippen LogP contribution in [0.5, 0.6) is 0 Å². The van der Waals surface area contributed by atoms with Crippen molar-refractivity contribution in [3.8, 4) is 0 Å². The van der Waals surface area contributed by atoms with Gasteiger partial charge in [-0.25, -0.2) is 9.59 Å². The molecule has 0 amide bonds. The summed E-state index contributed by atoms with van der Waals surface area (Å²) in [5, 5.41) is 18.7. The smallest absolute Gasteiger partial charge is 0.339 e. The minimum Gasteiger partial charge on any atom is -0.502 e. The average Bonchev–Trinajstić information content (AvgIpc) is 2.52. The lowest BCUT2D eigenvalue weighted by molar-refractivity contribution is 0.0219. The zero-order valence-corrected chi connectivity index (χ0v) is 12.4. The minimum atomic E-state index is -1.20. The van der Waals surface area contributed by atoms with Gasteiger partial charge in [-0.1, -0.05) is 18.2 Å². The minimum absolute atomic E-state index is 0.0291. The first-order chi connectivity index (χ1) is 10.6. The fourth-order valence-electron chi connectivity index (χ4n) is 1.75. The molecule has 0 saturated carbocycles. The van der Waals surface area contributed by atoms with E-state index < -0.39 is 18.0 Å². The molecule has 1 aromatic rings. The van der Waals surface area contributed by atoms with Gasteiger partial charge in [0.25, 0.3) is 0 Å². The van der Waals surface area contributed by atoms with E-state index in [1.165, 1.54) is 18.2 Å². The fraction of sp³-hybridized carbons (Fsp3) is 0.375. The SMILES string of the molecule is CC=COCCCC(O)COC(=O)c1ccccc1C(=O)O. The molecule has 1 aromatic carbocycles. The molecule has 0 heterocycles. The average molecular weight is 308 g/mol. The molecule has 2 N–H and O–H groups in total. The van der Waals surface area contributed by atoms with Crippen molar-refractivity contribution in [3.05, 3.63) is 47.7 Å². The van der Waals surface area contributed by atoms with Gasteiger partial charge in [-0.05, 0) is 31.9 Å². The normalized spacial score (nSPS) is 12.1. The van der Waals surface area contributed by atoms with Crippen LogP contribution < -0.4 is 0 Å². The molecule has 0 spiro atoms. The summed E-state index contributed by atoms with van der Waals surface area (Å²) in [4.78, 5) is 22.9. The van der Waals surface area contributed by atoms with E-state index in [1.807, 2.05) is 6.92 Å². The molecular weight excluding hydrogens is 288 g/mol. The number of carbonyl (C=O) groups is 2. The van der Waals surface area contributed by atoms with E-state index >= 15 is 0 Å². The van der Waals surface area contributed by atoms with Gasteiger partial charge in [-0.3, -0.25) is 0 Å². The van der Waals surface area contributed by atoms with Crippen molar-refractivity contribution in [2.24, 2.45) is 0 Å². The molecule has 22 heavy (non-hydrogen) atoms. The number of aliphatic hydroxyl groups is 1. The summed E-state index contributed by atoms with van der Waals surface area (Å²) in [6, 6.07) is 5.79. The van der Waals surface area contributed by atoms with Crippen LogP contribution in [0.2, 0.25) is 0 Å². The highest BCUT2D eigenvalue weighted by molar-refractivity contribution is 6.02. The number of allylic oxidation sites excluding steroid dienone is 1. The van der Waals surface area contributed by atoms with Gasteiger partial charge in [0.05, 0.1) is 30.1 Å². The summed E-state index contributed by atoms with van der Waals surface area (Å²) in [6.07, 6.45) is 3.56. The summed E-state index contributed by atoms with van der Waals surface area (Å²) in [5.41, 5.74) is -0.152. The topological polar surface area (TPSA) is 93.1 Å². The van der Waals surface area contributed by atoms with Crippen LogP contribution in [0.4, 0.5) is 0 Å². The van der Waals surface area contributed by atoms with Gasteiger partial charge >= 0.3 is 11.9 Å². The number of carbonyl (C=O) groups excluding carboxylic acids is 1. The van der Waals surface area contributed by atoms with E-state index in [0.717, 1.165) is 0 Å². The van der Waals surface area contributed by atoms with Crippen molar-refractivity contribution in [1.82, 2.24) is 0 Å². The Balaban J connectivity index is 2.41. The van der Waals surface area contributed by atoms with Gasteiger partial charge in [0.15, 0.2) is 0 Å². The first-order valence-corrected chi connectivity index (χ1v) is 6.96. The number of esters is 1. The van der Waals surface area contributed by atoms with E-state index in [-0.39, 0.29) is 17.7 Å². The Morgan fingerprint density at radius 3 is 2.59 bits per heavy atom. The van der Waals surface area contributed by atoms with Crippen LogP contribution in [0.25, 0.3) is 0 Å². The third kappa shape index (κ3) is 5.97. The number of rotatable bonds is 9. The van der Waals surface area contributed by atoms with Crippen LogP contribution in [-0.2, 0) is 9.47 Å². The molecule has 0 aliphatic carbocycles. The lowest BCUT2D eigenvalue weighted by atomic mass is 10.1. The number of hydrogen-bond acceptors (Lipinski definition) is 5. The van der Waals surface area contributed by atoms with Crippen molar-refractivity contribution in [3.63, 3.8) is 0 Å². The van der Waals surface area contributed by atoms with E-state index in [4.69, 9.17) is 14.6 Å². The quantitative estimate of drug-likeness (QED) is 0.413. The van der Waals surface area contributed by atoms with Crippen LogP contribution in [0.15, 0.2) is 36.6 Å². The summed E-state index contributed by atoms with van der Waals surface area (Å²) in [6.45, 7) is 2.12. The van der Waals surface area contributed by atoms with Crippen LogP contribution in [0.1, 0.15) is 40.5 Å². The summed E-state index contributed by atoms with van der Waals surface area (Å²) >= 11 is 0. The maximum absolute atomic E-state index is 11.9. The Labute approximate surface area is 129 Å². The molecule has 0 radical (unpaired) electrons. The Hall–Kier alpha value is -2.34. The maximum Gasteiger partial charge on any atom is 0.339 e. The highest BCUT2D eigenvalue weighted by Crippen LogP contribution is 2.11. The standard InChI is InChI=1S/C16H20O6/c1-2-9-21-10-5-6-12(17)11-22-16(20)14-8-4-3-7-13(14)15(18)19/h2-4,7-9,12,17H,5-6,10-11H2,1H3,(H,18,19). The second kappa shape index (κ2) is 9.57. The molecule has 1 unspecified atom stereocenters. The number of carboxylic acid groups (broad SMARTS) is 1. The van der Waals surface area contributed by atoms with Crippen molar-refractivity contribution in [1.29, 1.82) is 0 Å². The van der Waals surface area contributed by atoms with Gasteiger partial charge in [0.2, 0.25) is 0 Å². The monoisotopic (exact) mass is 308 g/mol. The van der Waals surface area contributed by atoms with Gasteiger partial charge < -0.3 is 19.7 Å². The summed E-state index contributed by atoms with van der Waals surface area (Å²) < 4.78 is 10.1.